The fraction of sp³-hybridized carbons (Fsp3) is 0.462. The average Bonchev–Trinajstić information content (AvgIpc) is 2.70. The van der Waals surface area contributed by atoms with Crippen molar-refractivity contribution >= 4 is 5.78 Å². The molecule has 0 bridgehead atoms. The van der Waals surface area contributed by atoms with Crippen LogP contribution in [0, 0.1) is 12.7 Å². The van der Waals surface area contributed by atoms with Crippen LogP contribution in [0.3, 0.4) is 0 Å². The van der Waals surface area contributed by atoms with Crippen LogP contribution in [0.1, 0.15) is 35.7 Å². The molecule has 0 saturated carbocycles. The summed E-state index contributed by atoms with van der Waals surface area (Å²) >= 11 is 0. The summed E-state index contributed by atoms with van der Waals surface area (Å²) in [6.07, 6.45) is 1.87. The van der Waals surface area contributed by atoms with Crippen LogP contribution in [0.25, 0.3) is 0 Å². The van der Waals surface area contributed by atoms with Crippen LogP contribution in [-0.4, -0.2) is 17.9 Å². The minimum absolute atomic E-state index is 0.0631. The van der Waals surface area contributed by atoms with Crippen LogP contribution in [0.2, 0.25) is 0 Å². The molecule has 1 heterocycles. The molecular weight excluding hydrogens is 205 g/mol. The molecule has 0 aliphatic carbocycles. The Kier molecular flexibility index (Phi) is 2.80. The molecule has 86 valence electrons. The van der Waals surface area contributed by atoms with Crippen molar-refractivity contribution in [2.75, 3.05) is 6.54 Å². The van der Waals surface area contributed by atoms with E-state index in [0.29, 0.717) is 11.1 Å². The molecule has 16 heavy (non-hydrogen) atoms. The molecule has 1 fully saturated rings. The highest BCUT2D eigenvalue weighted by Crippen LogP contribution is 2.24. The van der Waals surface area contributed by atoms with E-state index in [1.54, 1.807) is 19.1 Å². The van der Waals surface area contributed by atoms with E-state index in [0.717, 1.165) is 19.4 Å². The van der Waals surface area contributed by atoms with E-state index in [9.17, 15) is 9.18 Å². The summed E-state index contributed by atoms with van der Waals surface area (Å²) in [7, 11) is 0. The van der Waals surface area contributed by atoms with Crippen LogP contribution in [0.5, 0.6) is 0 Å². The molecule has 1 aliphatic rings. The van der Waals surface area contributed by atoms with Gasteiger partial charge in [-0.15, -0.1) is 0 Å². The predicted octanol–water partition coefficient (Wildman–Crippen LogP) is 2.46. The van der Waals surface area contributed by atoms with Crippen molar-refractivity contribution in [3.8, 4) is 0 Å². The fourth-order valence-electron chi connectivity index (χ4n) is 2.19. The highest BCUT2D eigenvalue weighted by molar-refractivity contribution is 6.03. The number of nitrogens with one attached hydrogen (secondary N) is 1. The lowest BCUT2D eigenvalue weighted by Crippen LogP contribution is -2.44. The Labute approximate surface area is 94.9 Å². The second-order valence-electron chi connectivity index (χ2n) is 4.66. The third-order valence-electron chi connectivity index (χ3n) is 3.29. The molecule has 2 rings (SSSR count). The van der Waals surface area contributed by atoms with Crippen LogP contribution < -0.4 is 5.32 Å². The van der Waals surface area contributed by atoms with Gasteiger partial charge in [-0.05, 0) is 57.0 Å². The normalized spacial score (nSPS) is 24.7. The summed E-state index contributed by atoms with van der Waals surface area (Å²) < 4.78 is 13.1. The quantitative estimate of drug-likeness (QED) is 0.777. The van der Waals surface area contributed by atoms with Gasteiger partial charge >= 0.3 is 0 Å². The van der Waals surface area contributed by atoms with Crippen LogP contribution in [0.15, 0.2) is 18.2 Å². The Morgan fingerprint density at radius 2 is 2.25 bits per heavy atom. The number of hydrogen-bond acceptors (Lipinski definition) is 2. The molecule has 1 unspecified atom stereocenters. The third-order valence-corrected chi connectivity index (χ3v) is 3.29. The third kappa shape index (κ3) is 1.87. The van der Waals surface area contributed by atoms with Gasteiger partial charge in [0.05, 0.1) is 5.54 Å². The number of rotatable bonds is 2. The highest BCUT2D eigenvalue weighted by atomic mass is 19.1. The molecule has 2 nitrogen and oxygen atoms in total. The minimum Gasteiger partial charge on any atom is -0.305 e. The molecule has 0 radical (unpaired) electrons. The van der Waals surface area contributed by atoms with Crippen molar-refractivity contribution in [3.63, 3.8) is 0 Å². The van der Waals surface area contributed by atoms with Crippen molar-refractivity contribution in [1.29, 1.82) is 0 Å². The highest BCUT2D eigenvalue weighted by Gasteiger charge is 2.36. The van der Waals surface area contributed by atoms with Gasteiger partial charge in [-0.2, -0.15) is 0 Å². The second-order valence-corrected chi connectivity index (χ2v) is 4.66. The van der Waals surface area contributed by atoms with Gasteiger partial charge in [-0.25, -0.2) is 4.39 Å². The lowest BCUT2D eigenvalue weighted by atomic mass is 9.89. The maximum absolute atomic E-state index is 13.1. The summed E-state index contributed by atoms with van der Waals surface area (Å²) in [6.45, 7) is 4.47. The number of carbonyl (C=O) groups is 1. The number of benzene rings is 1. The average molecular weight is 221 g/mol. The Morgan fingerprint density at radius 1 is 1.50 bits per heavy atom. The van der Waals surface area contributed by atoms with Crippen molar-refractivity contribution < 1.29 is 9.18 Å². The minimum atomic E-state index is -0.468. The maximum Gasteiger partial charge on any atom is 0.182 e. The molecule has 3 heteroatoms. The Hall–Kier alpha value is -1.22. The van der Waals surface area contributed by atoms with Gasteiger partial charge in [0.1, 0.15) is 5.82 Å². The SMILES string of the molecule is Cc1cc(C(=O)C2(C)CCCN2)ccc1F. The number of hydrogen-bond donors (Lipinski definition) is 1. The van der Waals surface area contributed by atoms with Gasteiger partial charge in [-0.3, -0.25) is 4.79 Å². The number of ketones is 1. The molecule has 1 atom stereocenters. The molecule has 0 amide bonds. The topological polar surface area (TPSA) is 29.1 Å². The monoisotopic (exact) mass is 221 g/mol. The van der Waals surface area contributed by atoms with Crippen molar-refractivity contribution in [2.45, 2.75) is 32.2 Å². The van der Waals surface area contributed by atoms with Crippen LogP contribution >= 0.6 is 0 Å². The summed E-state index contributed by atoms with van der Waals surface area (Å²) in [4.78, 5) is 12.2. The summed E-state index contributed by atoms with van der Waals surface area (Å²) in [6, 6.07) is 4.56. The zero-order valence-corrected chi connectivity index (χ0v) is 9.64. The smallest absolute Gasteiger partial charge is 0.182 e. The molecule has 1 saturated heterocycles. The molecule has 1 aromatic rings. The van der Waals surface area contributed by atoms with Gasteiger partial charge in [0.2, 0.25) is 0 Å². The van der Waals surface area contributed by atoms with Crippen molar-refractivity contribution in [1.82, 2.24) is 5.32 Å². The number of halogens is 1. The molecule has 0 spiro atoms. The van der Waals surface area contributed by atoms with Gasteiger partial charge in [0, 0.05) is 5.56 Å². The maximum atomic E-state index is 13.1. The second kappa shape index (κ2) is 3.98. The molecule has 1 aromatic carbocycles. The molecular formula is C13H16FNO. The van der Waals surface area contributed by atoms with E-state index in [1.165, 1.54) is 6.07 Å². The first-order valence-electron chi connectivity index (χ1n) is 5.59. The zero-order chi connectivity index (χ0) is 11.8. The first-order valence-corrected chi connectivity index (χ1v) is 5.59. The first kappa shape index (κ1) is 11.3. The van der Waals surface area contributed by atoms with E-state index < -0.39 is 5.54 Å². The fourth-order valence-corrected chi connectivity index (χ4v) is 2.19. The molecule has 1 aliphatic heterocycles. The van der Waals surface area contributed by atoms with E-state index in [4.69, 9.17) is 0 Å². The van der Waals surface area contributed by atoms with Crippen molar-refractivity contribution in [3.05, 3.63) is 35.1 Å². The van der Waals surface area contributed by atoms with Gasteiger partial charge in [0.25, 0.3) is 0 Å². The summed E-state index contributed by atoms with van der Waals surface area (Å²) in [5.74, 6) is -0.200. The van der Waals surface area contributed by atoms with E-state index in [1.807, 2.05) is 6.92 Å². The standard InChI is InChI=1S/C13H16FNO/c1-9-8-10(4-5-11(9)14)12(16)13(2)6-3-7-15-13/h4-5,8,15H,3,6-7H2,1-2H3. The van der Waals surface area contributed by atoms with Gasteiger partial charge < -0.3 is 5.32 Å². The summed E-state index contributed by atoms with van der Waals surface area (Å²) in [5, 5.41) is 3.22. The van der Waals surface area contributed by atoms with Crippen molar-refractivity contribution in [2.24, 2.45) is 0 Å². The predicted molar refractivity (Wildman–Crippen MR) is 61.1 cm³/mol. The van der Waals surface area contributed by atoms with E-state index >= 15 is 0 Å². The lowest BCUT2D eigenvalue weighted by molar-refractivity contribution is 0.0884. The summed E-state index contributed by atoms with van der Waals surface area (Å²) in [5.41, 5.74) is 0.646. The number of aryl methyl sites for hydroxylation is 1. The molecule has 1 N–H and O–H groups in total. The Bertz CT molecular complexity index is 422. The largest absolute Gasteiger partial charge is 0.305 e. The van der Waals surface area contributed by atoms with Gasteiger partial charge in [0.15, 0.2) is 5.78 Å². The Morgan fingerprint density at radius 3 is 2.81 bits per heavy atom. The van der Waals surface area contributed by atoms with Crippen LogP contribution in [-0.2, 0) is 0 Å². The lowest BCUT2D eigenvalue weighted by Gasteiger charge is -2.22. The zero-order valence-electron chi connectivity index (χ0n) is 9.64. The first-order chi connectivity index (χ1) is 7.53. The van der Waals surface area contributed by atoms with E-state index in [-0.39, 0.29) is 11.6 Å². The number of carbonyl (C=O) groups excluding carboxylic acids is 1. The Balaban J connectivity index is 2.30. The van der Waals surface area contributed by atoms with Crippen LogP contribution in [0.4, 0.5) is 4.39 Å². The van der Waals surface area contributed by atoms with E-state index in [2.05, 4.69) is 5.32 Å². The number of Topliss-reactive ketones (excluding diaryl/α,β-unsaturated/α-hetero) is 1. The molecule has 0 aromatic heterocycles. The van der Waals surface area contributed by atoms with Gasteiger partial charge in [-0.1, -0.05) is 0 Å².